The van der Waals surface area contributed by atoms with Crippen LogP contribution in [0.15, 0.2) is 28.7 Å². The fraction of sp³-hybridized carbons (Fsp3) is 0.625. The molecule has 0 aliphatic heterocycles. The van der Waals surface area contributed by atoms with Crippen molar-refractivity contribution in [2.45, 2.75) is 44.6 Å². The van der Waals surface area contributed by atoms with Crippen molar-refractivity contribution in [1.29, 1.82) is 0 Å². The molecule has 98 valence electrons. The minimum absolute atomic E-state index is 0.759. The van der Waals surface area contributed by atoms with Crippen molar-refractivity contribution in [1.82, 2.24) is 5.32 Å². The fourth-order valence-corrected chi connectivity index (χ4v) is 3.42. The van der Waals surface area contributed by atoms with Crippen LogP contribution in [0.2, 0.25) is 0 Å². The van der Waals surface area contributed by atoms with E-state index in [0.29, 0.717) is 0 Å². The zero-order valence-corrected chi connectivity index (χ0v) is 12.6. The Bertz CT molecular complexity index is 407. The van der Waals surface area contributed by atoms with Crippen molar-refractivity contribution < 1.29 is 0 Å². The third kappa shape index (κ3) is 2.97. The van der Waals surface area contributed by atoms with Crippen molar-refractivity contribution in [3.05, 3.63) is 34.3 Å². The van der Waals surface area contributed by atoms with Gasteiger partial charge < -0.3 is 5.32 Å². The molecule has 18 heavy (non-hydrogen) atoms. The Kier molecular flexibility index (Phi) is 3.76. The highest BCUT2D eigenvalue weighted by molar-refractivity contribution is 9.10. The molecular weight excluding hydrogens is 286 g/mol. The summed E-state index contributed by atoms with van der Waals surface area (Å²) in [5, 5.41) is 3.74. The zero-order chi connectivity index (χ0) is 12.5. The second kappa shape index (κ2) is 5.34. The second-order valence-corrected chi connectivity index (χ2v) is 7.06. The van der Waals surface area contributed by atoms with Crippen molar-refractivity contribution in [2.75, 3.05) is 6.54 Å². The lowest BCUT2D eigenvalue weighted by Gasteiger charge is -2.37. The minimum atomic E-state index is 0.759. The van der Waals surface area contributed by atoms with Gasteiger partial charge in [0.2, 0.25) is 0 Å². The molecule has 0 bridgehead atoms. The summed E-state index contributed by atoms with van der Waals surface area (Å²) in [5.74, 6) is 2.68. The summed E-state index contributed by atoms with van der Waals surface area (Å²) in [5.41, 5.74) is 1.50. The third-order valence-electron chi connectivity index (χ3n) is 4.61. The molecule has 0 radical (unpaired) electrons. The van der Waals surface area contributed by atoms with E-state index in [-0.39, 0.29) is 0 Å². The Morgan fingerprint density at radius 3 is 2.78 bits per heavy atom. The van der Waals surface area contributed by atoms with Crippen LogP contribution >= 0.6 is 15.9 Å². The predicted octanol–water partition coefficient (Wildman–Crippen LogP) is 4.33. The SMILES string of the molecule is CC(CNC1CC(c2cccc(Br)c2)C1)C1CC1. The number of benzene rings is 1. The highest BCUT2D eigenvalue weighted by Crippen LogP contribution is 2.39. The van der Waals surface area contributed by atoms with Gasteiger partial charge in [-0.3, -0.25) is 0 Å². The van der Waals surface area contributed by atoms with E-state index < -0.39 is 0 Å². The first kappa shape index (κ1) is 12.7. The quantitative estimate of drug-likeness (QED) is 0.853. The molecule has 2 aliphatic carbocycles. The first-order valence-electron chi connectivity index (χ1n) is 7.21. The van der Waals surface area contributed by atoms with Gasteiger partial charge in [-0.1, -0.05) is 35.0 Å². The van der Waals surface area contributed by atoms with Crippen molar-refractivity contribution >= 4 is 15.9 Å². The summed E-state index contributed by atoms with van der Waals surface area (Å²) < 4.78 is 1.21. The molecule has 0 aromatic heterocycles. The monoisotopic (exact) mass is 307 g/mol. The smallest absolute Gasteiger partial charge is 0.0178 e. The van der Waals surface area contributed by atoms with Gasteiger partial charge in [-0.05, 0) is 67.7 Å². The molecule has 0 spiro atoms. The summed E-state index contributed by atoms with van der Waals surface area (Å²) in [6.07, 6.45) is 5.56. The molecule has 1 aromatic carbocycles. The number of hydrogen-bond donors (Lipinski definition) is 1. The van der Waals surface area contributed by atoms with Gasteiger partial charge in [0, 0.05) is 10.5 Å². The van der Waals surface area contributed by atoms with Crippen molar-refractivity contribution in [3.8, 4) is 0 Å². The topological polar surface area (TPSA) is 12.0 Å². The van der Waals surface area contributed by atoms with Crippen LogP contribution in [0.1, 0.15) is 44.1 Å². The second-order valence-electron chi connectivity index (χ2n) is 6.14. The molecule has 2 aliphatic rings. The maximum Gasteiger partial charge on any atom is 0.0178 e. The van der Waals surface area contributed by atoms with Crippen LogP contribution < -0.4 is 5.32 Å². The Morgan fingerprint density at radius 2 is 2.11 bits per heavy atom. The molecular formula is C16H22BrN. The molecule has 2 fully saturated rings. The van der Waals surface area contributed by atoms with Crippen molar-refractivity contribution in [2.24, 2.45) is 11.8 Å². The van der Waals surface area contributed by atoms with Crippen molar-refractivity contribution in [3.63, 3.8) is 0 Å². The Labute approximate surface area is 118 Å². The van der Waals surface area contributed by atoms with E-state index in [1.54, 1.807) is 0 Å². The molecule has 1 nitrogen and oxygen atoms in total. The van der Waals surface area contributed by atoms with Crippen LogP contribution in [-0.2, 0) is 0 Å². The fourth-order valence-electron chi connectivity index (χ4n) is 3.00. The third-order valence-corrected chi connectivity index (χ3v) is 5.11. The molecule has 3 rings (SSSR count). The predicted molar refractivity (Wildman–Crippen MR) is 79.8 cm³/mol. The van der Waals surface area contributed by atoms with E-state index >= 15 is 0 Å². The molecule has 0 amide bonds. The van der Waals surface area contributed by atoms with Gasteiger partial charge in [0.05, 0.1) is 0 Å². The lowest BCUT2D eigenvalue weighted by Crippen LogP contribution is -2.42. The Balaban J connectivity index is 1.42. The molecule has 1 atom stereocenters. The van der Waals surface area contributed by atoms with Crippen LogP contribution in [0.4, 0.5) is 0 Å². The minimum Gasteiger partial charge on any atom is -0.314 e. The number of halogens is 1. The van der Waals surface area contributed by atoms with Gasteiger partial charge in [0.25, 0.3) is 0 Å². The first-order valence-corrected chi connectivity index (χ1v) is 8.00. The van der Waals surface area contributed by atoms with E-state index in [2.05, 4.69) is 52.4 Å². The van der Waals surface area contributed by atoms with Gasteiger partial charge in [-0.25, -0.2) is 0 Å². The Morgan fingerprint density at radius 1 is 1.33 bits per heavy atom. The molecule has 2 heteroatoms. The summed E-state index contributed by atoms with van der Waals surface area (Å²) in [7, 11) is 0. The largest absolute Gasteiger partial charge is 0.314 e. The van der Waals surface area contributed by atoms with E-state index in [4.69, 9.17) is 0 Å². The van der Waals surface area contributed by atoms with Crippen LogP contribution in [0, 0.1) is 11.8 Å². The molecule has 1 unspecified atom stereocenters. The number of nitrogens with one attached hydrogen (secondary N) is 1. The van der Waals surface area contributed by atoms with Crippen LogP contribution in [0.25, 0.3) is 0 Å². The lowest BCUT2D eigenvalue weighted by molar-refractivity contribution is 0.273. The summed E-state index contributed by atoms with van der Waals surface area (Å²) in [6.45, 7) is 3.62. The van der Waals surface area contributed by atoms with E-state index in [1.807, 2.05) is 0 Å². The highest BCUT2D eigenvalue weighted by Gasteiger charge is 2.32. The molecule has 1 aromatic rings. The van der Waals surface area contributed by atoms with Gasteiger partial charge in [-0.2, -0.15) is 0 Å². The van der Waals surface area contributed by atoms with Crippen LogP contribution in [0.3, 0.4) is 0 Å². The molecule has 0 heterocycles. The summed E-state index contributed by atoms with van der Waals surface area (Å²) >= 11 is 3.56. The molecule has 0 saturated heterocycles. The maximum absolute atomic E-state index is 3.74. The van der Waals surface area contributed by atoms with E-state index in [1.165, 1.54) is 42.3 Å². The normalized spacial score (nSPS) is 28.8. The van der Waals surface area contributed by atoms with Crippen LogP contribution in [-0.4, -0.2) is 12.6 Å². The van der Waals surface area contributed by atoms with Gasteiger partial charge in [0.15, 0.2) is 0 Å². The first-order chi connectivity index (χ1) is 8.72. The lowest BCUT2D eigenvalue weighted by atomic mass is 9.76. The van der Waals surface area contributed by atoms with Gasteiger partial charge >= 0.3 is 0 Å². The average Bonchev–Trinajstić information content (AvgIpc) is 3.10. The average molecular weight is 308 g/mol. The van der Waals surface area contributed by atoms with E-state index in [9.17, 15) is 0 Å². The molecule has 1 N–H and O–H groups in total. The maximum atomic E-state index is 3.74. The van der Waals surface area contributed by atoms with E-state index in [0.717, 1.165) is 23.8 Å². The highest BCUT2D eigenvalue weighted by atomic mass is 79.9. The number of hydrogen-bond acceptors (Lipinski definition) is 1. The number of rotatable bonds is 5. The molecule has 2 saturated carbocycles. The zero-order valence-electron chi connectivity index (χ0n) is 11.0. The van der Waals surface area contributed by atoms with Gasteiger partial charge in [0.1, 0.15) is 0 Å². The summed E-state index contributed by atoms with van der Waals surface area (Å²) in [6, 6.07) is 9.55. The standard InChI is InChI=1S/C16H22BrN/c1-11(12-5-6-12)10-18-16-8-14(9-16)13-3-2-4-15(17)7-13/h2-4,7,11-12,14,16,18H,5-6,8-10H2,1H3. The van der Waals surface area contributed by atoms with Crippen LogP contribution in [0.5, 0.6) is 0 Å². The Hall–Kier alpha value is -0.340. The summed E-state index contributed by atoms with van der Waals surface area (Å²) in [4.78, 5) is 0. The van der Waals surface area contributed by atoms with Gasteiger partial charge in [-0.15, -0.1) is 0 Å².